The Morgan fingerprint density at radius 2 is 1.94 bits per heavy atom. The molecule has 1 N–H and O–H groups in total. The molecule has 0 spiro atoms. The molecule has 0 aliphatic carbocycles. The van der Waals surface area contributed by atoms with Gasteiger partial charge in [-0.3, -0.25) is 0 Å². The number of hydrogen-bond acceptors (Lipinski definition) is 2. The lowest BCUT2D eigenvalue weighted by Crippen LogP contribution is -1.96. The van der Waals surface area contributed by atoms with Crippen LogP contribution in [0.3, 0.4) is 0 Å². The monoisotopic (exact) mass is 342 g/mol. The van der Waals surface area contributed by atoms with Crippen LogP contribution < -0.4 is 0 Å². The van der Waals surface area contributed by atoms with E-state index in [1.807, 2.05) is 24.3 Å². The first-order chi connectivity index (χ1) is 8.54. The fourth-order valence-corrected chi connectivity index (χ4v) is 3.29. The van der Waals surface area contributed by atoms with E-state index in [9.17, 15) is 4.79 Å². The molecular formula is C13H8BrClO2S. The first-order valence-electron chi connectivity index (χ1n) is 5.02. The van der Waals surface area contributed by atoms with Crippen LogP contribution in [0.1, 0.15) is 10.4 Å². The van der Waals surface area contributed by atoms with E-state index in [1.165, 1.54) is 11.8 Å². The van der Waals surface area contributed by atoms with Crippen LogP contribution in [0.2, 0.25) is 5.02 Å². The Morgan fingerprint density at radius 3 is 2.61 bits per heavy atom. The summed E-state index contributed by atoms with van der Waals surface area (Å²) >= 11 is 10.7. The van der Waals surface area contributed by atoms with Gasteiger partial charge in [-0.1, -0.05) is 45.4 Å². The van der Waals surface area contributed by atoms with Crippen molar-refractivity contribution < 1.29 is 9.90 Å². The number of halogens is 2. The highest BCUT2D eigenvalue weighted by molar-refractivity contribution is 9.10. The Hall–Kier alpha value is -0.970. The molecule has 0 saturated heterocycles. The molecule has 2 aromatic carbocycles. The van der Waals surface area contributed by atoms with Gasteiger partial charge < -0.3 is 5.11 Å². The minimum absolute atomic E-state index is 0.258. The summed E-state index contributed by atoms with van der Waals surface area (Å²) in [5, 5.41) is 9.65. The molecule has 0 radical (unpaired) electrons. The Bertz CT molecular complexity index is 601. The lowest BCUT2D eigenvalue weighted by molar-refractivity contribution is 0.0696. The van der Waals surface area contributed by atoms with Crippen molar-refractivity contribution >= 4 is 45.3 Å². The molecule has 0 saturated carbocycles. The van der Waals surface area contributed by atoms with E-state index < -0.39 is 5.97 Å². The smallest absolute Gasteiger partial charge is 0.335 e. The Morgan fingerprint density at radius 1 is 1.17 bits per heavy atom. The highest BCUT2D eigenvalue weighted by atomic mass is 79.9. The van der Waals surface area contributed by atoms with Gasteiger partial charge in [-0.05, 0) is 36.4 Å². The Balaban J connectivity index is 2.31. The van der Waals surface area contributed by atoms with Gasteiger partial charge in [-0.25, -0.2) is 4.79 Å². The van der Waals surface area contributed by atoms with Crippen LogP contribution in [0.15, 0.2) is 56.7 Å². The van der Waals surface area contributed by atoms with Crippen molar-refractivity contribution in [1.82, 2.24) is 0 Å². The number of carbonyl (C=O) groups is 1. The van der Waals surface area contributed by atoms with Crippen LogP contribution in [-0.4, -0.2) is 11.1 Å². The molecule has 0 unspecified atom stereocenters. The number of carboxylic acid groups (broad SMARTS) is 1. The van der Waals surface area contributed by atoms with Gasteiger partial charge in [0.05, 0.1) is 5.56 Å². The minimum atomic E-state index is -0.941. The molecule has 0 heterocycles. The lowest BCUT2D eigenvalue weighted by Gasteiger charge is -2.04. The number of rotatable bonds is 3. The van der Waals surface area contributed by atoms with Crippen LogP contribution in [0, 0.1) is 0 Å². The molecule has 5 heteroatoms. The SMILES string of the molecule is O=C(O)c1cc(Br)cc(Sc2cccc(Cl)c2)c1. The third-order valence-corrected chi connectivity index (χ3v) is 3.80. The summed E-state index contributed by atoms with van der Waals surface area (Å²) < 4.78 is 0.743. The van der Waals surface area contributed by atoms with Crippen LogP contribution in [0.25, 0.3) is 0 Å². The molecule has 0 amide bonds. The third kappa shape index (κ3) is 3.51. The van der Waals surface area contributed by atoms with Crippen molar-refractivity contribution in [2.24, 2.45) is 0 Å². The second-order valence-electron chi connectivity index (χ2n) is 3.54. The quantitative estimate of drug-likeness (QED) is 0.856. The fraction of sp³-hybridized carbons (Fsp3) is 0. The zero-order chi connectivity index (χ0) is 13.1. The first-order valence-corrected chi connectivity index (χ1v) is 7.00. The van der Waals surface area contributed by atoms with Gasteiger partial charge in [0.15, 0.2) is 0 Å². The summed E-state index contributed by atoms with van der Waals surface area (Å²) in [4.78, 5) is 12.8. The van der Waals surface area contributed by atoms with E-state index in [0.717, 1.165) is 14.3 Å². The third-order valence-electron chi connectivity index (χ3n) is 2.15. The van der Waals surface area contributed by atoms with E-state index in [-0.39, 0.29) is 5.56 Å². The molecule has 0 aliphatic heterocycles. The zero-order valence-electron chi connectivity index (χ0n) is 9.06. The first kappa shape index (κ1) is 13.5. The van der Waals surface area contributed by atoms with Crippen LogP contribution in [0.4, 0.5) is 0 Å². The standard InChI is InChI=1S/C13H8BrClO2S/c14-9-4-8(13(16)17)5-12(6-9)18-11-3-1-2-10(15)7-11/h1-7H,(H,16,17). The molecule has 0 aliphatic rings. The summed E-state index contributed by atoms with van der Waals surface area (Å²) in [5.41, 5.74) is 0.258. The van der Waals surface area contributed by atoms with Gasteiger partial charge >= 0.3 is 5.97 Å². The molecule has 92 valence electrons. The Kier molecular flexibility index (Phi) is 4.32. The molecule has 0 aromatic heterocycles. The minimum Gasteiger partial charge on any atom is -0.478 e. The fourth-order valence-electron chi connectivity index (χ4n) is 1.41. The molecule has 2 nitrogen and oxygen atoms in total. The predicted molar refractivity (Wildman–Crippen MR) is 76.7 cm³/mol. The van der Waals surface area contributed by atoms with Crippen LogP contribution >= 0.6 is 39.3 Å². The van der Waals surface area contributed by atoms with E-state index >= 15 is 0 Å². The molecule has 0 atom stereocenters. The maximum absolute atomic E-state index is 11.0. The number of benzene rings is 2. The number of carboxylic acids is 1. The van der Waals surface area contributed by atoms with E-state index in [0.29, 0.717) is 5.02 Å². The van der Waals surface area contributed by atoms with Crippen molar-refractivity contribution in [2.75, 3.05) is 0 Å². The van der Waals surface area contributed by atoms with E-state index in [2.05, 4.69) is 15.9 Å². The summed E-state index contributed by atoms with van der Waals surface area (Å²) in [7, 11) is 0. The second kappa shape index (κ2) is 5.78. The summed E-state index contributed by atoms with van der Waals surface area (Å²) in [6.07, 6.45) is 0. The van der Waals surface area contributed by atoms with Gasteiger partial charge in [0.1, 0.15) is 0 Å². The summed E-state index contributed by atoms with van der Waals surface area (Å²) in [6, 6.07) is 12.5. The Labute approximate surface area is 122 Å². The van der Waals surface area contributed by atoms with Gasteiger partial charge in [0, 0.05) is 19.3 Å². The van der Waals surface area contributed by atoms with Crippen molar-refractivity contribution in [3.8, 4) is 0 Å². The maximum atomic E-state index is 11.0. The maximum Gasteiger partial charge on any atom is 0.335 e. The van der Waals surface area contributed by atoms with Crippen molar-refractivity contribution in [3.05, 3.63) is 57.5 Å². The number of aromatic carboxylic acids is 1. The summed E-state index contributed by atoms with van der Waals surface area (Å²) in [5.74, 6) is -0.941. The van der Waals surface area contributed by atoms with Gasteiger partial charge in [0.25, 0.3) is 0 Å². The average molecular weight is 344 g/mol. The summed E-state index contributed by atoms with van der Waals surface area (Å²) in [6.45, 7) is 0. The zero-order valence-corrected chi connectivity index (χ0v) is 12.2. The molecule has 0 fully saturated rings. The van der Waals surface area contributed by atoms with Gasteiger partial charge in [-0.2, -0.15) is 0 Å². The largest absolute Gasteiger partial charge is 0.478 e. The van der Waals surface area contributed by atoms with Crippen molar-refractivity contribution in [3.63, 3.8) is 0 Å². The van der Waals surface area contributed by atoms with Gasteiger partial charge in [-0.15, -0.1) is 0 Å². The topological polar surface area (TPSA) is 37.3 Å². The van der Waals surface area contributed by atoms with Crippen molar-refractivity contribution in [2.45, 2.75) is 9.79 Å². The molecule has 2 aromatic rings. The van der Waals surface area contributed by atoms with E-state index in [1.54, 1.807) is 18.2 Å². The molecule has 0 bridgehead atoms. The average Bonchev–Trinajstić information content (AvgIpc) is 2.28. The highest BCUT2D eigenvalue weighted by Gasteiger charge is 2.07. The van der Waals surface area contributed by atoms with Crippen LogP contribution in [-0.2, 0) is 0 Å². The molecule has 2 rings (SSSR count). The van der Waals surface area contributed by atoms with Crippen molar-refractivity contribution in [1.29, 1.82) is 0 Å². The second-order valence-corrected chi connectivity index (χ2v) is 6.04. The molecule has 18 heavy (non-hydrogen) atoms. The van der Waals surface area contributed by atoms with Crippen LogP contribution in [0.5, 0.6) is 0 Å². The normalized spacial score (nSPS) is 10.3. The van der Waals surface area contributed by atoms with Gasteiger partial charge in [0.2, 0.25) is 0 Å². The van der Waals surface area contributed by atoms with E-state index in [4.69, 9.17) is 16.7 Å². The highest BCUT2D eigenvalue weighted by Crippen LogP contribution is 2.31. The number of hydrogen-bond donors (Lipinski definition) is 1. The predicted octanol–water partition coefficient (Wildman–Crippen LogP) is 4.95. The molecular weight excluding hydrogens is 336 g/mol. The lowest BCUT2D eigenvalue weighted by atomic mass is 10.2.